The van der Waals surface area contributed by atoms with Crippen LogP contribution in [0.3, 0.4) is 0 Å². The molecule has 0 atom stereocenters. The largest absolute Gasteiger partial charge is 0.508 e. The number of fused-ring (bicyclic) bond motifs is 1. The first-order valence-electron chi connectivity index (χ1n) is 8.87. The summed E-state index contributed by atoms with van der Waals surface area (Å²) in [4.78, 5) is 17.5. The van der Waals surface area contributed by atoms with Gasteiger partial charge in [0.1, 0.15) is 23.9 Å². The Kier molecular flexibility index (Phi) is 4.94. The molecule has 144 valence electrons. The van der Waals surface area contributed by atoms with E-state index >= 15 is 0 Å². The molecule has 0 amide bonds. The van der Waals surface area contributed by atoms with E-state index < -0.39 is 0 Å². The molecular weight excluding hydrogens is 370 g/mol. The third-order valence-corrected chi connectivity index (χ3v) is 4.26. The molecule has 2 N–H and O–H groups in total. The lowest BCUT2D eigenvalue weighted by atomic mass is 10.2. The van der Waals surface area contributed by atoms with Gasteiger partial charge < -0.3 is 14.9 Å². The van der Waals surface area contributed by atoms with E-state index in [2.05, 4.69) is 10.1 Å². The third kappa shape index (κ3) is 3.93. The second-order valence-corrected chi connectivity index (χ2v) is 6.25. The van der Waals surface area contributed by atoms with Crippen molar-refractivity contribution in [2.45, 2.75) is 6.61 Å². The van der Waals surface area contributed by atoms with Crippen LogP contribution in [0.15, 0.2) is 82.7 Å². The highest BCUT2D eigenvalue weighted by Crippen LogP contribution is 2.21. The summed E-state index contributed by atoms with van der Waals surface area (Å²) < 4.78 is 6.90. The van der Waals surface area contributed by atoms with Crippen LogP contribution in [0, 0.1) is 0 Å². The molecule has 29 heavy (non-hydrogen) atoms. The van der Waals surface area contributed by atoms with Crippen LogP contribution in [0.5, 0.6) is 17.2 Å². The first kappa shape index (κ1) is 18.2. The van der Waals surface area contributed by atoms with Gasteiger partial charge >= 0.3 is 0 Å². The van der Waals surface area contributed by atoms with E-state index in [1.54, 1.807) is 36.4 Å². The monoisotopic (exact) mass is 387 g/mol. The molecule has 7 heteroatoms. The summed E-state index contributed by atoms with van der Waals surface area (Å²) in [6.07, 6.45) is 1.33. The van der Waals surface area contributed by atoms with Crippen LogP contribution in [0.1, 0.15) is 11.4 Å². The molecule has 0 aliphatic heterocycles. The van der Waals surface area contributed by atoms with E-state index in [4.69, 9.17) is 4.74 Å². The van der Waals surface area contributed by atoms with Gasteiger partial charge in [0.25, 0.3) is 5.56 Å². The average molecular weight is 387 g/mol. The van der Waals surface area contributed by atoms with E-state index in [0.29, 0.717) is 28.0 Å². The number of para-hydroxylation sites is 2. The molecule has 0 fully saturated rings. The first-order chi connectivity index (χ1) is 14.1. The highest BCUT2D eigenvalue weighted by Gasteiger charge is 2.11. The van der Waals surface area contributed by atoms with Crippen LogP contribution >= 0.6 is 0 Å². The Morgan fingerprint density at radius 3 is 2.55 bits per heavy atom. The van der Waals surface area contributed by atoms with Crippen molar-refractivity contribution in [1.82, 2.24) is 9.66 Å². The van der Waals surface area contributed by atoms with Crippen molar-refractivity contribution in [3.63, 3.8) is 0 Å². The maximum Gasteiger partial charge on any atom is 0.282 e. The lowest BCUT2D eigenvalue weighted by molar-refractivity contribution is 0.289. The summed E-state index contributed by atoms with van der Waals surface area (Å²) in [6, 6.07) is 20.3. The molecule has 3 aromatic carbocycles. The number of ether oxygens (including phenoxy) is 1. The lowest BCUT2D eigenvalue weighted by Crippen LogP contribution is -2.23. The smallest absolute Gasteiger partial charge is 0.282 e. The van der Waals surface area contributed by atoms with E-state index in [9.17, 15) is 15.0 Å². The average Bonchev–Trinajstić information content (AvgIpc) is 2.74. The molecule has 0 unspecified atom stereocenters. The van der Waals surface area contributed by atoms with Gasteiger partial charge in [-0.25, -0.2) is 4.98 Å². The Bertz CT molecular complexity index is 1250. The van der Waals surface area contributed by atoms with Gasteiger partial charge in [0.2, 0.25) is 0 Å². The first-order valence-corrected chi connectivity index (χ1v) is 8.87. The standard InChI is InChI=1S/C22H17N3O4/c26-16-11-10-15(20(27)12-16)13-23-25-21(14-29-17-6-2-1-3-7-17)24-19-9-5-4-8-18(19)22(25)28/h1-13,26-27H,14H2/b23-13-. The van der Waals surface area contributed by atoms with Gasteiger partial charge in [-0.15, -0.1) is 0 Å². The molecule has 0 bridgehead atoms. The Labute approximate surface area is 165 Å². The number of phenolic OH excluding ortho intramolecular Hbond substituents is 2. The minimum absolute atomic E-state index is 0.0307. The fraction of sp³-hybridized carbons (Fsp3) is 0.0455. The van der Waals surface area contributed by atoms with Gasteiger partial charge in [-0.3, -0.25) is 4.79 Å². The van der Waals surface area contributed by atoms with Crippen molar-refractivity contribution < 1.29 is 14.9 Å². The van der Waals surface area contributed by atoms with E-state index in [1.165, 1.54) is 24.4 Å². The van der Waals surface area contributed by atoms with Crippen molar-refractivity contribution >= 4 is 17.1 Å². The molecule has 4 rings (SSSR count). The normalized spacial score (nSPS) is 11.2. The van der Waals surface area contributed by atoms with Crippen LogP contribution in [0.25, 0.3) is 10.9 Å². The van der Waals surface area contributed by atoms with Crippen LogP contribution in [-0.4, -0.2) is 26.1 Å². The Hall–Kier alpha value is -4.13. The molecule has 7 nitrogen and oxygen atoms in total. The lowest BCUT2D eigenvalue weighted by Gasteiger charge is -2.11. The van der Waals surface area contributed by atoms with Crippen LogP contribution in [-0.2, 0) is 6.61 Å². The molecule has 0 aliphatic rings. The zero-order valence-corrected chi connectivity index (χ0v) is 15.3. The van der Waals surface area contributed by atoms with Crippen LogP contribution in [0.4, 0.5) is 0 Å². The summed E-state index contributed by atoms with van der Waals surface area (Å²) in [5.41, 5.74) is 0.539. The number of aromatic nitrogens is 2. The van der Waals surface area contributed by atoms with Gasteiger partial charge in [0, 0.05) is 11.6 Å². The summed E-state index contributed by atoms with van der Waals surface area (Å²) in [5.74, 6) is 0.729. The number of hydrogen-bond acceptors (Lipinski definition) is 6. The number of aromatic hydroxyl groups is 2. The van der Waals surface area contributed by atoms with Crippen LogP contribution in [0.2, 0.25) is 0 Å². The number of rotatable bonds is 5. The van der Waals surface area contributed by atoms with Crippen molar-refractivity contribution in [2.75, 3.05) is 0 Å². The summed E-state index contributed by atoms with van der Waals surface area (Å²) in [7, 11) is 0. The topological polar surface area (TPSA) is 96.9 Å². The predicted molar refractivity (Wildman–Crippen MR) is 110 cm³/mol. The molecule has 0 saturated carbocycles. The van der Waals surface area contributed by atoms with Gasteiger partial charge in [0.05, 0.1) is 17.1 Å². The second-order valence-electron chi connectivity index (χ2n) is 6.25. The number of hydrogen-bond donors (Lipinski definition) is 2. The number of phenols is 2. The molecule has 4 aromatic rings. The summed E-state index contributed by atoms with van der Waals surface area (Å²) >= 11 is 0. The van der Waals surface area contributed by atoms with E-state index in [1.807, 2.05) is 18.2 Å². The Balaban J connectivity index is 1.76. The summed E-state index contributed by atoms with van der Waals surface area (Å²) in [5, 5.41) is 24.0. The minimum atomic E-state index is -0.350. The van der Waals surface area contributed by atoms with E-state index in [-0.39, 0.29) is 23.7 Å². The van der Waals surface area contributed by atoms with Crippen molar-refractivity contribution in [1.29, 1.82) is 0 Å². The van der Waals surface area contributed by atoms with Gasteiger partial charge in [0.15, 0.2) is 5.82 Å². The predicted octanol–water partition coefficient (Wildman–Crippen LogP) is 3.27. The Morgan fingerprint density at radius 1 is 1.00 bits per heavy atom. The molecule has 0 saturated heterocycles. The minimum Gasteiger partial charge on any atom is -0.508 e. The molecule has 1 aromatic heterocycles. The number of benzene rings is 3. The molecule has 0 spiro atoms. The SMILES string of the molecule is O=c1c2ccccc2nc(COc2ccccc2)n1/N=C\c1ccc(O)cc1O. The Morgan fingerprint density at radius 2 is 1.76 bits per heavy atom. The van der Waals surface area contributed by atoms with E-state index in [0.717, 1.165) is 4.68 Å². The molecule has 1 heterocycles. The molecule has 0 aliphatic carbocycles. The maximum absolute atomic E-state index is 13.0. The van der Waals surface area contributed by atoms with Gasteiger partial charge in [-0.05, 0) is 36.4 Å². The van der Waals surface area contributed by atoms with Gasteiger partial charge in [-0.2, -0.15) is 9.78 Å². The molecular formula is C22H17N3O4. The number of nitrogens with zero attached hydrogens (tertiary/aromatic N) is 3. The fourth-order valence-corrected chi connectivity index (χ4v) is 2.81. The quantitative estimate of drug-likeness (QED) is 0.512. The third-order valence-electron chi connectivity index (χ3n) is 4.26. The zero-order chi connectivity index (χ0) is 20.2. The molecule has 0 radical (unpaired) electrons. The van der Waals surface area contributed by atoms with Crippen LogP contribution < -0.4 is 10.3 Å². The second kappa shape index (κ2) is 7.85. The van der Waals surface area contributed by atoms with Gasteiger partial charge in [-0.1, -0.05) is 30.3 Å². The fourth-order valence-electron chi connectivity index (χ4n) is 2.81. The van der Waals surface area contributed by atoms with Crippen molar-refractivity contribution in [3.05, 3.63) is 94.5 Å². The van der Waals surface area contributed by atoms with Crippen molar-refractivity contribution in [2.24, 2.45) is 5.10 Å². The van der Waals surface area contributed by atoms with Crippen molar-refractivity contribution in [3.8, 4) is 17.2 Å². The zero-order valence-electron chi connectivity index (χ0n) is 15.3. The highest BCUT2D eigenvalue weighted by molar-refractivity contribution is 5.84. The highest BCUT2D eigenvalue weighted by atomic mass is 16.5. The summed E-state index contributed by atoms with van der Waals surface area (Å²) in [6.45, 7) is 0.0307. The maximum atomic E-state index is 13.0.